The Bertz CT molecular complexity index is 1540. The van der Waals surface area contributed by atoms with Crippen LogP contribution in [-0.4, -0.2) is 33.3 Å². The fraction of sp³-hybridized carbons (Fsp3) is 0.217. The quantitative estimate of drug-likeness (QED) is 0.180. The monoisotopic (exact) mass is 565 g/mol. The SMILES string of the molecule is Cc1csc2nc(Cl)nc(Cl)c12.Cc1csc2nc(Cl)nc(NCCc3ccc4c(c3)OCO4)c12. The molecule has 35 heavy (non-hydrogen) atoms. The summed E-state index contributed by atoms with van der Waals surface area (Å²) < 4.78 is 10.7. The third-order valence-corrected chi connectivity index (χ3v) is 7.87. The van der Waals surface area contributed by atoms with Gasteiger partial charge in [-0.2, -0.15) is 0 Å². The van der Waals surface area contributed by atoms with E-state index in [1.807, 2.05) is 30.5 Å². The van der Waals surface area contributed by atoms with E-state index in [9.17, 15) is 0 Å². The van der Waals surface area contributed by atoms with E-state index in [2.05, 4.69) is 37.6 Å². The summed E-state index contributed by atoms with van der Waals surface area (Å²) in [6, 6.07) is 6.01. The van der Waals surface area contributed by atoms with Crippen LogP contribution in [0.5, 0.6) is 11.5 Å². The van der Waals surface area contributed by atoms with Gasteiger partial charge in [0.05, 0.1) is 10.8 Å². The fourth-order valence-corrected chi connectivity index (χ4v) is 6.32. The second-order valence-electron chi connectivity index (χ2n) is 7.69. The van der Waals surface area contributed by atoms with Gasteiger partial charge in [-0.05, 0) is 83.1 Å². The van der Waals surface area contributed by atoms with E-state index < -0.39 is 0 Å². The van der Waals surface area contributed by atoms with Crippen molar-refractivity contribution >= 4 is 83.7 Å². The Morgan fingerprint density at radius 1 is 0.857 bits per heavy atom. The highest BCUT2D eigenvalue weighted by atomic mass is 35.5. The molecule has 1 aliphatic heterocycles. The van der Waals surface area contributed by atoms with Crippen LogP contribution in [0, 0.1) is 13.8 Å². The number of hydrogen-bond donors (Lipinski definition) is 1. The Balaban J connectivity index is 0.000000178. The average molecular weight is 567 g/mol. The molecule has 12 heteroatoms. The van der Waals surface area contributed by atoms with Gasteiger partial charge in [-0.15, -0.1) is 22.7 Å². The smallest absolute Gasteiger partial charge is 0.231 e. The molecule has 0 fully saturated rings. The summed E-state index contributed by atoms with van der Waals surface area (Å²) in [5.74, 6) is 2.41. The molecule has 6 rings (SSSR count). The van der Waals surface area contributed by atoms with Gasteiger partial charge in [0.2, 0.25) is 17.4 Å². The average Bonchev–Trinajstić information content (AvgIpc) is 3.53. The first-order valence-corrected chi connectivity index (χ1v) is 13.4. The summed E-state index contributed by atoms with van der Waals surface area (Å²) in [4.78, 5) is 18.3. The minimum absolute atomic E-state index is 0.203. The molecule has 4 aromatic heterocycles. The topological polar surface area (TPSA) is 82.1 Å². The van der Waals surface area contributed by atoms with Crippen LogP contribution >= 0.6 is 57.5 Å². The second-order valence-corrected chi connectivity index (χ2v) is 10.4. The Morgan fingerprint density at radius 2 is 1.51 bits per heavy atom. The van der Waals surface area contributed by atoms with E-state index in [-0.39, 0.29) is 10.6 Å². The number of hydrogen-bond acceptors (Lipinski definition) is 9. The van der Waals surface area contributed by atoms with Gasteiger partial charge in [0.15, 0.2) is 11.5 Å². The van der Waals surface area contributed by atoms with Crippen LogP contribution in [-0.2, 0) is 6.42 Å². The molecule has 5 heterocycles. The molecule has 1 N–H and O–H groups in total. The molecule has 0 amide bonds. The first kappa shape index (κ1) is 24.3. The zero-order valence-corrected chi connectivity index (χ0v) is 22.5. The zero-order chi connectivity index (χ0) is 24.5. The number of nitrogens with one attached hydrogen (secondary N) is 1. The highest BCUT2D eigenvalue weighted by Gasteiger charge is 2.14. The molecule has 0 unspecified atom stereocenters. The van der Waals surface area contributed by atoms with E-state index in [1.165, 1.54) is 16.9 Å². The van der Waals surface area contributed by atoms with Crippen molar-refractivity contribution in [2.75, 3.05) is 18.7 Å². The molecule has 0 saturated carbocycles. The van der Waals surface area contributed by atoms with Gasteiger partial charge in [0.25, 0.3) is 0 Å². The molecule has 5 aromatic rings. The standard InChI is InChI=1S/C16H14ClN3O2S.C7H4Cl2N2S/c1-9-7-23-15-13(9)14(19-16(17)20-15)18-5-4-10-2-3-11-12(6-10)22-8-21-11;1-3-2-12-6-4(3)5(8)10-7(9)11-6/h2-3,6-7H,4-5,8H2,1H3,(H,18,19,20);2H,1H3. The van der Waals surface area contributed by atoms with E-state index in [1.54, 1.807) is 11.3 Å². The molecule has 180 valence electrons. The summed E-state index contributed by atoms with van der Waals surface area (Å²) in [5, 5.41) is 10.3. The maximum atomic E-state index is 6.01. The number of nitrogens with zero attached hydrogens (tertiary/aromatic N) is 4. The molecular formula is C23H18Cl3N5O2S2. The normalized spacial score (nSPS) is 12.1. The molecule has 0 bridgehead atoms. The number of ether oxygens (including phenoxy) is 2. The van der Waals surface area contributed by atoms with Gasteiger partial charge in [0, 0.05) is 6.54 Å². The van der Waals surface area contributed by atoms with Gasteiger partial charge < -0.3 is 14.8 Å². The first-order valence-electron chi connectivity index (χ1n) is 10.5. The summed E-state index contributed by atoms with van der Waals surface area (Å²) in [7, 11) is 0. The molecule has 1 aliphatic rings. The number of halogens is 3. The lowest BCUT2D eigenvalue weighted by Crippen LogP contribution is -2.07. The van der Waals surface area contributed by atoms with E-state index >= 15 is 0 Å². The number of aryl methyl sites for hydroxylation is 2. The Hall–Kier alpha value is -2.43. The van der Waals surface area contributed by atoms with Gasteiger partial charge in [-0.25, -0.2) is 19.9 Å². The maximum absolute atomic E-state index is 6.01. The van der Waals surface area contributed by atoms with Crippen molar-refractivity contribution in [3.05, 3.63) is 61.4 Å². The highest BCUT2D eigenvalue weighted by Crippen LogP contribution is 2.33. The van der Waals surface area contributed by atoms with Crippen molar-refractivity contribution in [2.45, 2.75) is 20.3 Å². The minimum atomic E-state index is 0.203. The highest BCUT2D eigenvalue weighted by molar-refractivity contribution is 7.17. The molecule has 0 radical (unpaired) electrons. The maximum Gasteiger partial charge on any atom is 0.231 e. The summed E-state index contributed by atoms with van der Waals surface area (Å²) >= 11 is 20.6. The molecule has 0 atom stereocenters. The molecule has 0 spiro atoms. The van der Waals surface area contributed by atoms with Crippen molar-refractivity contribution in [3.8, 4) is 11.5 Å². The largest absolute Gasteiger partial charge is 0.454 e. The Morgan fingerprint density at radius 3 is 2.29 bits per heavy atom. The van der Waals surface area contributed by atoms with Crippen LogP contribution in [0.3, 0.4) is 0 Å². The van der Waals surface area contributed by atoms with Crippen molar-refractivity contribution < 1.29 is 9.47 Å². The number of fused-ring (bicyclic) bond motifs is 3. The van der Waals surface area contributed by atoms with Crippen LogP contribution in [0.25, 0.3) is 20.4 Å². The van der Waals surface area contributed by atoms with Gasteiger partial charge in [-0.1, -0.05) is 17.7 Å². The van der Waals surface area contributed by atoms with Crippen LogP contribution in [0.15, 0.2) is 29.0 Å². The lowest BCUT2D eigenvalue weighted by atomic mass is 10.1. The Kier molecular flexibility index (Phi) is 7.13. The number of rotatable bonds is 4. The summed E-state index contributed by atoms with van der Waals surface area (Å²) in [6.07, 6.45) is 0.850. The van der Waals surface area contributed by atoms with Crippen molar-refractivity contribution in [1.82, 2.24) is 19.9 Å². The lowest BCUT2D eigenvalue weighted by Gasteiger charge is -2.08. The molecule has 0 saturated heterocycles. The predicted molar refractivity (Wildman–Crippen MR) is 144 cm³/mol. The van der Waals surface area contributed by atoms with E-state index in [0.717, 1.165) is 61.8 Å². The van der Waals surface area contributed by atoms with Gasteiger partial charge in [0.1, 0.15) is 20.6 Å². The van der Waals surface area contributed by atoms with E-state index in [0.29, 0.717) is 11.9 Å². The summed E-state index contributed by atoms with van der Waals surface area (Å²) in [5.41, 5.74) is 3.43. The van der Waals surface area contributed by atoms with Gasteiger partial charge >= 0.3 is 0 Å². The van der Waals surface area contributed by atoms with Crippen molar-refractivity contribution in [2.24, 2.45) is 0 Å². The predicted octanol–water partition coefficient (Wildman–Crippen LogP) is 7.34. The zero-order valence-electron chi connectivity index (χ0n) is 18.6. The third kappa shape index (κ3) is 5.24. The van der Waals surface area contributed by atoms with Crippen LogP contribution in [0.4, 0.5) is 5.82 Å². The minimum Gasteiger partial charge on any atom is -0.454 e. The summed E-state index contributed by atoms with van der Waals surface area (Å²) in [6.45, 7) is 5.07. The number of benzene rings is 1. The fourth-order valence-electron chi connectivity index (χ4n) is 3.62. The number of anilines is 1. The Labute approximate surface area is 224 Å². The van der Waals surface area contributed by atoms with Crippen molar-refractivity contribution in [3.63, 3.8) is 0 Å². The van der Waals surface area contributed by atoms with Gasteiger partial charge in [-0.3, -0.25) is 0 Å². The third-order valence-electron chi connectivity index (χ3n) is 5.28. The first-order chi connectivity index (χ1) is 16.9. The number of thiophene rings is 2. The molecular weight excluding hydrogens is 549 g/mol. The van der Waals surface area contributed by atoms with Crippen molar-refractivity contribution in [1.29, 1.82) is 0 Å². The number of aromatic nitrogens is 4. The molecule has 1 aromatic carbocycles. The molecule has 0 aliphatic carbocycles. The molecule has 7 nitrogen and oxygen atoms in total. The van der Waals surface area contributed by atoms with Crippen LogP contribution < -0.4 is 14.8 Å². The van der Waals surface area contributed by atoms with Crippen LogP contribution in [0.1, 0.15) is 16.7 Å². The van der Waals surface area contributed by atoms with E-state index in [4.69, 9.17) is 44.3 Å². The lowest BCUT2D eigenvalue weighted by molar-refractivity contribution is 0.174. The second kappa shape index (κ2) is 10.3. The van der Waals surface area contributed by atoms with Crippen LogP contribution in [0.2, 0.25) is 15.7 Å².